The summed E-state index contributed by atoms with van der Waals surface area (Å²) in [5, 5.41) is 5.40. The van der Waals surface area contributed by atoms with Gasteiger partial charge in [0, 0.05) is 0 Å². The van der Waals surface area contributed by atoms with Gasteiger partial charge in [0.25, 0.3) is 0 Å². The van der Waals surface area contributed by atoms with E-state index >= 15 is 0 Å². The van der Waals surface area contributed by atoms with E-state index < -0.39 is 0 Å². The third-order valence-corrected chi connectivity index (χ3v) is 8.70. The highest BCUT2D eigenvalue weighted by Gasteiger charge is 2.30. The first-order valence-corrected chi connectivity index (χ1v) is 14.3. The molecule has 6 aromatic rings. The first kappa shape index (κ1) is 23.9. The fourth-order valence-corrected chi connectivity index (χ4v) is 6.65. The lowest BCUT2D eigenvalue weighted by molar-refractivity contribution is 0.867. The fourth-order valence-electron chi connectivity index (χ4n) is 6.65. The number of aryl methyl sites for hydroxylation is 1. The molecule has 0 fully saturated rings. The van der Waals surface area contributed by atoms with E-state index in [0.717, 1.165) is 0 Å². The van der Waals surface area contributed by atoms with Gasteiger partial charge < -0.3 is 0 Å². The molecule has 39 heavy (non-hydrogen) atoms. The Hall–Kier alpha value is -4.16. The lowest BCUT2D eigenvalue weighted by atomic mass is 9.81. The van der Waals surface area contributed by atoms with E-state index in [1.54, 1.807) is 0 Å². The van der Waals surface area contributed by atoms with E-state index in [9.17, 15) is 0 Å². The molecule has 6 aromatic carbocycles. The molecule has 0 heterocycles. The molecule has 0 nitrogen and oxygen atoms in total. The average molecular weight is 503 g/mol. The van der Waals surface area contributed by atoms with Crippen LogP contribution in [-0.2, 0) is 0 Å². The zero-order valence-corrected chi connectivity index (χ0v) is 23.5. The number of hydrogen-bond donors (Lipinski definition) is 0. The zero-order valence-electron chi connectivity index (χ0n) is 23.5. The zero-order chi connectivity index (χ0) is 26.8. The van der Waals surface area contributed by atoms with Crippen LogP contribution in [0.2, 0.25) is 0 Å². The third kappa shape index (κ3) is 3.58. The Morgan fingerprint density at radius 3 is 1.46 bits per heavy atom. The highest BCUT2D eigenvalue weighted by Crippen LogP contribution is 2.58. The highest BCUT2D eigenvalue weighted by atomic mass is 14.3. The first-order valence-electron chi connectivity index (χ1n) is 14.3. The smallest absolute Gasteiger partial charge is 0.000741 e. The van der Waals surface area contributed by atoms with Gasteiger partial charge in [0.2, 0.25) is 0 Å². The van der Waals surface area contributed by atoms with Crippen molar-refractivity contribution >= 4 is 21.5 Å². The lowest BCUT2D eigenvalue weighted by Gasteiger charge is -2.21. The summed E-state index contributed by atoms with van der Waals surface area (Å²) in [5.41, 5.74) is 14.9. The van der Waals surface area contributed by atoms with Crippen molar-refractivity contribution in [3.05, 3.63) is 120 Å². The van der Waals surface area contributed by atoms with Gasteiger partial charge in [-0.2, -0.15) is 0 Å². The van der Waals surface area contributed by atoms with Crippen molar-refractivity contribution in [2.45, 2.75) is 46.5 Å². The molecule has 0 atom stereocenters. The topological polar surface area (TPSA) is 0 Å². The van der Waals surface area contributed by atoms with Crippen LogP contribution in [0, 0.1) is 6.92 Å². The molecule has 0 aliphatic heterocycles. The fraction of sp³-hybridized carbons (Fsp3) is 0.179. The predicted molar refractivity (Wildman–Crippen MR) is 170 cm³/mol. The quantitative estimate of drug-likeness (QED) is 0.224. The van der Waals surface area contributed by atoms with Crippen LogP contribution in [0.1, 0.15) is 56.2 Å². The van der Waals surface area contributed by atoms with E-state index in [-0.39, 0.29) is 0 Å². The Morgan fingerprint density at radius 2 is 0.923 bits per heavy atom. The Kier molecular flexibility index (Phi) is 5.49. The molecular weight excluding hydrogens is 468 g/mol. The predicted octanol–water partition coefficient (Wildman–Crippen LogP) is 11.5. The number of fused-ring (bicyclic) bond motifs is 4. The summed E-state index contributed by atoms with van der Waals surface area (Å²) >= 11 is 0. The van der Waals surface area contributed by atoms with Gasteiger partial charge in [0.1, 0.15) is 0 Å². The molecule has 0 unspecified atom stereocenters. The van der Waals surface area contributed by atoms with Gasteiger partial charge in [-0.15, -0.1) is 0 Å². The second-order valence-corrected chi connectivity index (χ2v) is 11.8. The third-order valence-electron chi connectivity index (χ3n) is 8.70. The van der Waals surface area contributed by atoms with Crippen LogP contribution in [-0.4, -0.2) is 0 Å². The van der Waals surface area contributed by atoms with Crippen molar-refractivity contribution in [2.24, 2.45) is 0 Å². The molecule has 0 aromatic heterocycles. The molecule has 1 aliphatic rings. The summed E-state index contributed by atoms with van der Waals surface area (Å²) in [4.78, 5) is 0. The molecule has 1 aliphatic carbocycles. The Labute approximate surface area is 232 Å². The van der Waals surface area contributed by atoms with Crippen LogP contribution >= 0.6 is 0 Å². The molecule has 0 radical (unpaired) electrons. The average Bonchev–Trinajstić information content (AvgIpc) is 3.28. The molecule has 0 amide bonds. The SMILES string of the molecule is Cc1ccc2c3c(cccc13)-c1c-2c(-c2cccc(C(C)C)c2)c2ccccc2c1-c1cccc(C(C)C)c1. The number of benzene rings is 6. The Morgan fingerprint density at radius 1 is 0.436 bits per heavy atom. The second-order valence-electron chi connectivity index (χ2n) is 11.8. The van der Waals surface area contributed by atoms with Crippen LogP contribution in [0.5, 0.6) is 0 Å². The van der Waals surface area contributed by atoms with Crippen LogP contribution in [0.3, 0.4) is 0 Å². The van der Waals surface area contributed by atoms with Gasteiger partial charge in [-0.1, -0.05) is 131 Å². The van der Waals surface area contributed by atoms with Gasteiger partial charge in [0.05, 0.1) is 0 Å². The molecule has 0 bridgehead atoms. The summed E-state index contributed by atoms with van der Waals surface area (Å²) in [6, 6.07) is 39.1. The molecule has 190 valence electrons. The maximum Gasteiger partial charge on any atom is -0.000741 e. The highest BCUT2D eigenvalue weighted by molar-refractivity contribution is 6.27. The Balaban J connectivity index is 1.71. The van der Waals surface area contributed by atoms with Crippen LogP contribution in [0.4, 0.5) is 0 Å². The lowest BCUT2D eigenvalue weighted by Crippen LogP contribution is -1.95. The summed E-state index contributed by atoms with van der Waals surface area (Å²) in [5.74, 6) is 0.955. The van der Waals surface area contributed by atoms with E-state index in [1.807, 2.05) is 0 Å². The largest absolute Gasteiger partial charge is 0.0616 e. The van der Waals surface area contributed by atoms with Gasteiger partial charge >= 0.3 is 0 Å². The standard InChI is InChI=1S/C39H34/c1-23(2)26-11-8-13-28(21-26)35-31-15-6-7-16-32(31)36(29-14-9-12-27(22-29)24(3)4)39-34-20-19-25(5)30-17-10-18-33(37(30)34)38(35)39/h6-24H,1-5H3. The molecule has 0 saturated carbocycles. The second kappa shape index (κ2) is 8.95. The number of rotatable bonds is 4. The van der Waals surface area contributed by atoms with Crippen molar-refractivity contribution in [1.29, 1.82) is 0 Å². The maximum atomic E-state index is 2.42. The minimum absolute atomic E-state index is 0.477. The van der Waals surface area contributed by atoms with Gasteiger partial charge in [-0.25, -0.2) is 0 Å². The van der Waals surface area contributed by atoms with Crippen LogP contribution in [0.25, 0.3) is 66.1 Å². The minimum atomic E-state index is 0.477. The first-order chi connectivity index (χ1) is 18.9. The summed E-state index contributed by atoms with van der Waals surface area (Å²) in [6.45, 7) is 11.4. The summed E-state index contributed by atoms with van der Waals surface area (Å²) < 4.78 is 0. The van der Waals surface area contributed by atoms with Gasteiger partial charge in [-0.05, 0) is 102 Å². The summed E-state index contributed by atoms with van der Waals surface area (Å²) in [7, 11) is 0. The molecule has 7 rings (SSSR count). The van der Waals surface area contributed by atoms with Crippen molar-refractivity contribution in [1.82, 2.24) is 0 Å². The van der Waals surface area contributed by atoms with Gasteiger partial charge in [-0.3, -0.25) is 0 Å². The van der Waals surface area contributed by atoms with E-state index in [1.165, 1.54) is 82.7 Å². The van der Waals surface area contributed by atoms with Crippen LogP contribution in [0.15, 0.2) is 103 Å². The molecule has 0 spiro atoms. The van der Waals surface area contributed by atoms with E-state index in [4.69, 9.17) is 0 Å². The van der Waals surface area contributed by atoms with Crippen molar-refractivity contribution in [3.63, 3.8) is 0 Å². The number of hydrogen-bond acceptors (Lipinski definition) is 0. The molecule has 0 N–H and O–H groups in total. The summed E-state index contributed by atoms with van der Waals surface area (Å²) in [6.07, 6.45) is 0. The van der Waals surface area contributed by atoms with Crippen molar-refractivity contribution in [3.8, 4) is 44.5 Å². The van der Waals surface area contributed by atoms with Crippen molar-refractivity contribution in [2.75, 3.05) is 0 Å². The van der Waals surface area contributed by atoms with E-state index in [2.05, 4.69) is 138 Å². The molecule has 0 heteroatoms. The monoisotopic (exact) mass is 502 g/mol. The molecule has 0 saturated heterocycles. The van der Waals surface area contributed by atoms with E-state index in [0.29, 0.717) is 11.8 Å². The Bertz CT molecular complexity index is 1810. The van der Waals surface area contributed by atoms with Crippen molar-refractivity contribution < 1.29 is 0 Å². The normalized spacial score (nSPS) is 12.2. The maximum absolute atomic E-state index is 2.42. The van der Waals surface area contributed by atoms with Gasteiger partial charge in [0.15, 0.2) is 0 Å². The molecular formula is C39H34. The minimum Gasteiger partial charge on any atom is -0.0616 e. The van der Waals surface area contributed by atoms with Crippen LogP contribution < -0.4 is 0 Å².